The molecule has 1 saturated heterocycles. The summed E-state index contributed by atoms with van der Waals surface area (Å²) in [5.41, 5.74) is 0.989. The van der Waals surface area contributed by atoms with Crippen LogP contribution in [0.4, 0.5) is 20.6 Å². The van der Waals surface area contributed by atoms with Crippen LogP contribution in [0.1, 0.15) is 24.2 Å². The molecular weight excluding hydrogens is 485 g/mol. The van der Waals surface area contributed by atoms with Gasteiger partial charge in [-0.3, -0.25) is 23.9 Å². The van der Waals surface area contributed by atoms with Crippen molar-refractivity contribution in [3.63, 3.8) is 0 Å². The second kappa shape index (κ2) is 10.3. The molecular formula is C25H28FN5O6. The molecule has 1 aromatic heterocycles. The normalized spacial score (nSPS) is 15.2. The summed E-state index contributed by atoms with van der Waals surface area (Å²) in [7, 11) is 1.60. The van der Waals surface area contributed by atoms with Crippen LogP contribution in [0.3, 0.4) is 0 Å². The van der Waals surface area contributed by atoms with Gasteiger partial charge in [-0.05, 0) is 43.3 Å². The van der Waals surface area contributed by atoms with Crippen molar-refractivity contribution in [3.8, 4) is 0 Å². The number of benzene rings is 2. The monoisotopic (exact) mass is 513 g/mol. The Morgan fingerprint density at radius 2 is 1.97 bits per heavy atom. The van der Waals surface area contributed by atoms with Gasteiger partial charge in [0.2, 0.25) is 5.91 Å². The van der Waals surface area contributed by atoms with Gasteiger partial charge in [-0.25, -0.2) is 14.0 Å². The van der Waals surface area contributed by atoms with Crippen LogP contribution in [-0.2, 0) is 23.1 Å². The summed E-state index contributed by atoms with van der Waals surface area (Å²) in [5.74, 6) is -1.87. The summed E-state index contributed by atoms with van der Waals surface area (Å²) in [6.45, 7) is 4.81. The summed E-state index contributed by atoms with van der Waals surface area (Å²) < 4.78 is 23.6. The smallest absolute Gasteiger partial charge is 0.414 e. The van der Waals surface area contributed by atoms with Crippen LogP contribution in [-0.4, -0.2) is 64.7 Å². The molecule has 0 unspecified atom stereocenters. The Balaban J connectivity index is 1.51. The van der Waals surface area contributed by atoms with Crippen LogP contribution < -0.4 is 20.7 Å². The first-order chi connectivity index (χ1) is 17.6. The van der Waals surface area contributed by atoms with Crippen LogP contribution in [0.5, 0.6) is 0 Å². The van der Waals surface area contributed by atoms with E-state index in [0.29, 0.717) is 41.9 Å². The van der Waals surface area contributed by atoms with Crippen molar-refractivity contribution < 1.29 is 28.6 Å². The van der Waals surface area contributed by atoms with Crippen LogP contribution >= 0.6 is 0 Å². The first-order valence-electron chi connectivity index (χ1n) is 11.8. The zero-order valence-electron chi connectivity index (χ0n) is 20.7. The standard InChI is InChI=1S/C25H28FN5O6/c1-4-29(9-10-31-21-7-5-16(24(34)35)11-19(21)23(33)28(31)3)22-8-6-17(12-20(22)26)30-14-18(37-25(30)36)13-27-15(2)32/h5-8,11-12,18H,4,9-10,13-14H2,1-3H3,(H,27,32)(H,34,35)/t18-/m0/s1. The Labute approximate surface area is 211 Å². The molecule has 2 N–H and O–H groups in total. The third-order valence-corrected chi connectivity index (χ3v) is 6.41. The first-order valence-corrected chi connectivity index (χ1v) is 11.8. The molecule has 1 aliphatic rings. The van der Waals surface area contributed by atoms with E-state index >= 15 is 4.39 Å². The largest absolute Gasteiger partial charge is 0.478 e. The number of nitrogens with zero attached hydrogens (tertiary/aromatic N) is 4. The molecule has 11 nitrogen and oxygen atoms in total. The van der Waals surface area contributed by atoms with Crippen molar-refractivity contribution in [1.82, 2.24) is 14.7 Å². The summed E-state index contributed by atoms with van der Waals surface area (Å²) >= 11 is 0. The number of amides is 2. The highest BCUT2D eigenvalue weighted by Gasteiger charge is 2.33. The molecule has 2 aromatic carbocycles. The molecule has 37 heavy (non-hydrogen) atoms. The third-order valence-electron chi connectivity index (χ3n) is 6.41. The number of carboxylic acid groups (broad SMARTS) is 1. The lowest BCUT2D eigenvalue weighted by molar-refractivity contribution is -0.119. The molecule has 0 aliphatic carbocycles. The summed E-state index contributed by atoms with van der Waals surface area (Å²) in [5, 5.41) is 12.1. The van der Waals surface area contributed by atoms with Crippen molar-refractivity contribution in [2.75, 3.05) is 36.0 Å². The quantitative estimate of drug-likeness (QED) is 0.449. The number of aromatic carboxylic acids is 1. The molecule has 3 aromatic rings. The minimum Gasteiger partial charge on any atom is -0.478 e. The SMILES string of the molecule is CCN(CCn1c2ccc(C(=O)O)cc2c(=O)n1C)c1ccc(N2C[C@H](CNC(C)=O)OC2=O)cc1F. The number of carbonyl (C=O) groups excluding carboxylic acids is 2. The van der Waals surface area contributed by atoms with Gasteiger partial charge in [-0.1, -0.05) is 0 Å². The summed E-state index contributed by atoms with van der Waals surface area (Å²) in [6.07, 6.45) is -1.14. The second-order valence-electron chi connectivity index (χ2n) is 8.76. The number of hydrogen-bond donors (Lipinski definition) is 2. The average molecular weight is 514 g/mol. The molecule has 1 aliphatic heterocycles. The van der Waals surface area contributed by atoms with Crippen molar-refractivity contribution in [1.29, 1.82) is 0 Å². The fourth-order valence-corrected chi connectivity index (χ4v) is 4.46. The van der Waals surface area contributed by atoms with Crippen LogP contribution in [0.15, 0.2) is 41.2 Å². The van der Waals surface area contributed by atoms with E-state index in [2.05, 4.69) is 5.32 Å². The molecule has 2 heterocycles. The van der Waals surface area contributed by atoms with E-state index in [0.717, 1.165) is 0 Å². The Kier molecular flexibility index (Phi) is 7.18. The number of cyclic esters (lactones) is 1. The van der Waals surface area contributed by atoms with E-state index in [9.17, 15) is 24.3 Å². The molecule has 0 radical (unpaired) electrons. The maximum Gasteiger partial charge on any atom is 0.414 e. The number of carbonyl (C=O) groups is 3. The highest BCUT2D eigenvalue weighted by atomic mass is 19.1. The number of fused-ring (bicyclic) bond motifs is 1. The average Bonchev–Trinajstić information content (AvgIpc) is 3.35. The van der Waals surface area contributed by atoms with Gasteiger partial charge in [0.15, 0.2) is 0 Å². The zero-order valence-corrected chi connectivity index (χ0v) is 20.7. The Morgan fingerprint density at radius 1 is 1.22 bits per heavy atom. The molecule has 196 valence electrons. The predicted octanol–water partition coefficient (Wildman–Crippen LogP) is 2.17. The summed E-state index contributed by atoms with van der Waals surface area (Å²) in [6, 6.07) is 8.90. The maximum absolute atomic E-state index is 15.2. The van der Waals surface area contributed by atoms with E-state index in [-0.39, 0.29) is 30.1 Å². The van der Waals surface area contributed by atoms with Crippen LogP contribution in [0, 0.1) is 5.82 Å². The number of nitrogens with one attached hydrogen (secondary N) is 1. The van der Waals surface area contributed by atoms with Gasteiger partial charge in [-0.15, -0.1) is 0 Å². The molecule has 1 atom stereocenters. The Hall–Kier alpha value is -4.35. The molecule has 12 heteroatoms. The predicted molar refractivity (Wildman–Crippen MR) is 135 cm³/mol. The lowest BCUT2D eigenvalue weighted by Gasteiger charge is -2.25. The van der Waals surface area contributed by atoms with E-state index in [1.54, 1.807) is 29.9 Å². The van der Waals surface area contributed by atoms with Crippen LogP contribution in [0.25, 0.3) is 10.9 Å². The van der Waals surface area contributed by atoms with Gasteiger partial charge in [-0.2, -0.15) is 0 Å². The Bertz CT molecular complexity index is 1430. The topological polar surface area (TPSA) is 126 Å². The van der Waals surface area contributed by atoms with E-state index in [4.69, 9.17) is 4.74 Å². The number of likely N-dealkylation sites (N-methyl/N-ethyl adjacent to an activating group) is 1. The first kappa shape index (κ1) is 25.7. The van der Waals surface area contributed by atoms with Gasteiger partial charge in [0.05, 0.1) is 47.5 Å². The highest BCUT2D eigenvalue weighted by molar-refractivity contribution is 5.93. The molecule has 0 saturated carbocycles. The minimum atomic E-state index is -1.11. The summed E-state index contributed by atoms with van der Waals surface area (Å²) in [4.78, 5) is 50.5. The molecule has 2 amide bonds. The van der Waals surface area contributed by atoms with Crippen molar-refractivity contribution in [2.45, 2.75) is 26.5 Å². The van der Waals surface area contributed by atoms with Gasteiger partial charge >= 0.3 is 12.1 Å². The number of ether oxygens (including phenoxy) is 1. The van der Waals surface area contributed by atoms with E-state index in [1.165, 1.54) is 34.7 Å². The number of rotatable bonds is 9. The second-order valence-corrected chi connectivity index (χ2v) is 8.76. The van der Waals surface area contributed by atoms with Crippen molar-refractivity contribution >= 4 is 40.2 Å². The number of carboxylic acids is 1. The third kappa shape index (κ3) is 5.13. The van der Waals surface area contributed by atoms with Crippen molar-refractivity contribution in [2.24, 2.45) is 7.05 Å². The lowest BCUT2D eigenvalue weighted by atomic mass is 10.1. The van der Waals surface area contributed by atoms with Gasteiger partial charge in [0.1, 0.15) is 11.9 Å². The van der Waals surface area contributed by atoms with Gasteiger partial charge in [0, 0.05) is 27.1 Å². The highest BCUT2D eigenvalue weighted by Crippen LogP contribution is 2.28. The van der Waals surface area contributed by atoms with Gasteiger partial charge in [0.25, 0.3) is 5.56 Å². The lowest BCUT2D eigenvalue weighted by Crippen LogP contribution is -2.33. The number of anilines is 2. The Morgan fingerprint density at radius 3 is 2.62 bits per heavy atom. The van der Waals surface area contributed by atoms with E-state index < -0.39 is 24.0 Å². The fourth-order valence-electron chi connectivity index (χ4n) is 4.46. The number of halogens is 1. The minimum absolute atomic E-state index is 0.0306. The molecule has 4 rings (SSSR count). The fraction of sp³-hybridized carbons (Fsp3) is 0.360. The van der Waals surface area contributed by atoms with Crippen molar-refractivity contribution in [3.05, 3.63) is 58.1 Å². The van der Waals surface area contributed by atoms with E-state index in [1.807, 2.05) is 11.8 Å². The maximum atomic E-state index is 15.2. The zero-order chi connectivity index (χ0) is 26.9. The number of hydrogen-bond acceptors (Lipinski definition) is 6. The molecule has 1 fully saturated rings. The number of aromatic nitrogens is 2. The molecule has 0 spiro atoms. The molecule has 0 bridgehead atoms. The van der Waals surface area contributed by atoms with Crippen LogP contribution in [0.2, 0.25) is 0 Å². The van der Waals surface area contributed by atoms with Gasteiger partial charge < -0.3 is 20.1 Å².